The number of aryl methyl sites for hydroxylation is 1. The second-order valence-corrected chi connectivity index (χ2v) is 4.66. The molecule has 0 saturated carbocycles. The first-order valence-corrected chi connectivity index (χ1v) is 6.13. The minimum atomic E-state index is 0.468. The Labute approximate surface area is 105 Å². The third kappa shape index (κ3) is 2.38. The molecule has 0 aliphatic carbocycles. The number of aromatic nitrogens is 4. The molecule has 18 heavy (non-hydrogen) atoms. The third-order valence-electron chi connectivity index (χ3n) is 3.07. The van der Waals surface area contributed by atoms with Gasteiger partial charge in [0, 0.05) is 18.8 Å². The summed E-state index contributed by atoms with van der Waals surface area (Å²) in [6, 6.07) is 0. The highest BCUT2D eigenvalue weighted by Crippen LogP contribution is 2.16. The smallest absolute Gasteiger partial charge is 0.240 e. The molecule has 0 radical (unpaired) electrons. The Kier molecular flexibility index (Phi) is 3.02. The molecule has 3 rings (SSSR count). The fourth-order valence-corrected chi connectivity index (χ4v) is 2.07. The number of nitrogens with one attached hydrogen (secondary N) is 1. The second-order valence-electron chi connectivity index (χ2n) is 4.66. The highest BCUT2D eigenvalue weighted by atomic mass is 16.5. The first kappa shape index (κ1) is 11.3. The summed E-state index contributed by atoms with van der Waals surface area (Å²) in [5, 5.41) is 7.25. The third-order valence-corrected chi connectivity index (χ3v) is 3.07. The second kappa shape index (κ2) is 4.81. The van der Waals surface area contributed by atoms with Crippen LogP contribution in [0.2, 0.25) is 0 Å². The van der Waals surface area contributed by atoms with Gasteiger partial charge in [0.25, 0.3) is 0 Å². The van der Waals surface area contributed by atoms with E-state index in [2.05, 4.69) is 25.4 Å². The van der Waals surface area contributed by atoms with E-state index in [0.29, 0.717) is 23.5 Å². The van der Waals surface area contributed by atoms with E-state index >= 15 is 0 Å². The predicted molar refractivity (Wildman–Crippen MR) is 64.7 cm³/mol. The lowest BCUT2D eigenvalue weighted by Gasteiger charge is -2.01. The molecule has 1 atom stereocenters. The molecular weight excluding hydrogens is 230 g/mol. The summed E-state index contributed by atoms with van der Waals surface area (Å²) in [5.74, 6) is 2.25. The van der Waals surface area contributed by atoms with E-state index in [-0.39, 0.29) is 0 Å². The van der Waals surface area contributed by atoms with E-state index in [9.17, 15) is 0 Å². The molecule has 94 valence electrons. The van der Waals surface area contributed by atoms with Crippen molar-refractivity contribution in [2.75, 3.05) is 13.1 Å². The Morgan fingerprint density at radius 3 is 2.89 bits per heavy atom. The van der Waals surface area contributed by atoms with E-state index in [1.165, 1.54) is 6.42 Å². The summed E-state index contributed by atoms with van der Waals surface area (Å²) < 4.78 is 5.24. The van der Waals surface area contributed by atoms with Gasteiger partial charge in [0.15, 0.2) is 0 Å². The maximum atomic E-state index is 5.24. The molecule has 1 aliphatic rings. The molecule has 1 saturated heterocycles. The predicted octanol–water partition coefficient (Wildman–Crippen LogP) is 0.987. The van der Waals surface area contributed by atoms with Crippen molar-refractivity contribution in [2.24, 2.45) is 5.92 Å². The lowest BCUT2D eigenvalue weighted by Crippen LogP contribution is -2.10. The summed E-state index contributed by atoms with van der Waals surface area (Å²) in [5.41, 5.74) is 1.01. The van der Waals surface area contributed by atoms with Crippen molar-refractivity contribution in [1.82, 2.24) is 25.4 Å². The molecular formula is C12H15N5O. The monoisotopic (exact) mass is 245 g/mol. The van der Waals surface area contributed by atoms with Crippen LogP contribution in [0.1, 0.15) is 17.9 Å². The lowest BCUT2D eigenvalue weighted by atomic mass is 10.1. The Balaban J connectivity index is 1.74. The summed E-state index contributed by atoms with van der Waals surface area (Å²) in [6.07, 6.45) is 5.49. The zero-order valence-electron chi connectivity index (χ0n) is 10.3. The van der Waals surface area contributed by atoms with Crippen molar-refractivity contribution in [2.45, 2.75) is 19.8 Å². The lowest BCUT2D eigenvalue weighted by molar-refractivity contribution is 0.357. The molecule has 1 N–H and O–H groups in total. The number of hydrogen-bond donors (Lipinski definition) is 1. The summed E-state index contributed by atoms with van der Waals surface area (Å²) in [4.78, 5) is 12.7. The van der Waals surface area contributed by atoms with Crippen LogP contribution in [0.5, 0.6) is 0 Å². The van der Waals surface area contributed by atoms with Crippen molar-refractivity contribution in [3.05, 3.63) is 23.8 Å². The van der Waals surface area contributed by atoms with Gasteiger partial charge in [-0.05, 0) is 37.9 Å². The van der Waals surface area contributed by atoms with Crippen LogP contribution in [0.15, 0.2) is 16.9 Å². The molecule has 1 aliphatic heterocycles. The molecule has 1 unspecified atom stereocenters. The minimum Gasteiger partial charge on any atom is -0.339 e. The molecule has 6 nitrogen and oxygen atoms in total. The zero-order valence-corrected chi connectivity index (χ0v) is 10.3. The fraction of sp³-hybridized carbons (Fsp3) is 0.500. The number of nitrogens with zero attached hydrogens (tertiary/aromatic N) is 4. The molecule has 2 aromatic rings. The SMILES string of the molecule is Cc1cnc(-c2noc(CC3CCNC3)n2)nc1. The molecule has 2 aromatic heterocycles. The standard InChI is InChI=1S/C12H15N5O/c1-8-5-14-11(15-6-8)12-16-10(18-17-12)4-9-2-3-13-7-9/h5-6,9,13H,2-4,7H2,1H3. The van der Waals surface area contributed by atoms with Gasteiger partial charge < -0.3 is 9.84 Å². The quantitative estimate of drug-likeness (QED) is 0.868. The molecule has 0 aromatic carbocycles. The summed E-state index contributed by atoms with van der Waals surface area (Å²) in [7, 11) is 0. The van der Waals surface area contributed by atoms with Crippen LogP contribution in [0.4, 0.5) is 0 Å². The molecule has 1 fully saturated rings. The zero-order chi connectivity index (χ0) is 12.4. The summed E-state index contributed by atoms with van der Waals surface area (Å²) in [6.45, 7) is 4.05. The van der Waals surface area contributed by atoms with E-state index in [4.69, 9.17) is 4.52 Å². The van der Waals surface area contributed by atoms with Gasteiger partial charge in [0.2, 0.25) is 17.5 Å². The van der Waals surface area contributed by atoms with E-state index in [1.807, 2.05) is 6.92 Å². The average molecular weight is 245 g/mol. The minimum absolute atomic E-state index is 0.468. The van der Waals surface area contributed by atoms with Crippen LogP contribution in [-0.4, -0.2) is 33.2 Å². The van der Waals surface area contributed by atoms with Crippen molar-refractivity contribution >= 4 is 0 Å². The molecule has 0 spiro atoms. The van der Waals surface area contributed by atoms with Crippen molar-refractivity contribution in [3.8, 4) is 11.6 Å². The normalized spacial score (nSPS) is 19.3. The first-order valence-electron chi connectivity index (χ1n) is 6.13. The van der Waals surface area contributed by atoms with E-state index in [0.717, 1.165) is 25.1 Å². The maximum absolute atomic E-state index is 5.24. The Hall–Kier alpha value is -1.82. The average Bonchev–Trinajstić information content (AvgIpc) is 3.02. The maximum Gasteiger partial charge on any atom is 0.240 e. The first-order chi connectivity index (χ1) is 8.81. The van der Waals surface area contributed by atoms with Crippen LogP contribution >= 0.6 is 0 Å². The van der Waals surface area contributed by atoms with E-state index < -0.39 is 0 Å². The van der Waals surface area contributed by atoms with Gasteiger partial charge in [-0.15, -0.1) is 0 Å². The van der Waals surface area contributed by atoms with Gasteiger partial charge in [0.05, 0.1) is 0 Å². The molecule has 6 heteroatoms. The number of rotatable bonds is 3. The van der Waals surface area contributed by atoms with Gasteiger partial charge in [-0.25, -0.2) is 9.97 Å². The largest absolute Gasteiger partial charge is 0.339 e. The van der Waals surface area contributed by atoms with Crippen LogP contribution < -0.4 is 5.32 Å². The highest BCUT2D eigenvalue weighted by molar-refractivity contribution is 5.40. The fourth-order valence-electron chi connectivity index (χ4n) is 2.07. The molecule has 0 amide bonds. The highest BCUT2D eigenvalue weighted by Gasteiger charge is 2.19. The van der Waals surface area contributed by atoms with Crippen LogP contribution in [-0.2, 0) is 6.42 Å². The Bertz CT molecular complexity index is 516. The number of hydrogen-bond acceptors (Lipinski definition) is 6. The Morgan fingerprint density at radius 1 is 1.33 bits per heavy atom. The van der Waals surface area contributed by atoms with Gasteiger partial charge >= 0.3 is 0 Å². The van der Waals surface area contributed by atoms with E-state index in [1.54, 1.807) is 12.4 Å². The van der Waals surface area contributed by atoms with Gasteiger partial charge in [-0.1, -0.05) is 5.16 Å². The van der Waals surface area contributed by atoms with Gasteiger partial charge in [-0.2, -0.15) is 4.98 Å². The van der Waals surface area contributed by atoms with Crippen molar-refractivity contribution < 1.29 is 4.52 Å². The van der Waals surface area contributed by atoms with Crippen LogP contribution in [0.25, 0.3) is 11.6 Å². The van der Waals surface area contributed by atoms with Crippen LogP contribution in [0.3, 0.4) is 0 Å². The van der Waals surface area contributed by atoms with Gasteiger partial charge in [0.1, 0.15) is 0 Å². The summed E-state index contributed by atoms with van der Waals surface area (Å²) >= 11 is 0. The van der Waals surface area contributed by atoms with Crippen molar-refractivity contribution in [1.29, 1.82) is 0 Å². The van der Waals surface area contributed by atoms with Crippen LogP contribution in [0, 0.1) is 12.8 Å². The Morgan fingerprint density at radius 2 is 2.17 bits per heavy atom. The van der Waals surface area contributed by atoms with Crippen molar-refractivity contribution in [3.63, 3.8) is 0 Å². The molecule has 3 heterocycles. The molecule has 0 bridgehead atoms. The topological polar surface area (TPSA) is 76.7 Å². The van der Waals surface area contributed by atoms with Gasteiger partial charge in [-0.3, -0.25) is 0 Å².